The first kappa shape index (κ1) is 18.8. The monoisotopic (exact) mass is 274 g/mol. The summed E-state index contributed by atoms with van der Waals surface area (Å²) in [5, 5.41) is 3.65. The number of hydrogen-bond donors (Lipinski definition) is 1. The molecule has 0 fully saturated rings. The molecule has 0 saturated heterocycles. The Morgan fingerprint density at radius 2 is 1.74 bits per heavy atom. The first-order chi connectivity index (χ1) is 9.28. The van der Waals surface area contributed by atoms with E-state index in [9.17, 15) is 0 Å². The first-order valence-corrected chi connectivity index (χ1v) is 7.72. The largest absolute Gasteiger partial charge is 0.385 e. The minimum Gasteiger partial charge on any atom is -0.385 e. The second-order valence-electron chi connectivity index (χ2n) is 5.08. The number of hydrogen-bond acceptors (Lipinski definition) is 4. The lowest BCUT2D eigenvalue weighted by atomic mass is 10.1. The van der Waals surface area contributed by atoms with E-state index in [0.717, 1.165) is 45.8 Å². The van der Waals surface area contributed by atoms with Gasteiger partial charge in [-0.15, -0.1) is 0 Å². The third-order valence-corrected chi connectivity index (χ3v) is 3.23. The Balaban J connectivity index is 4.11. The molecule has 0 bridgehead atoms. The van der Waals surface area contributed by atoms with Gasteiger partial charge in [-0.3, -0.25) is 4.90 Å². The number of ether oxygens (including phenoxy) is 2. The molecule has 0 aromatic carbocycles. The van der Waals surface area contributed by atoms with Crippen LogP contribution in [-0.2, 0) is 9.47 Å². The molecular weight excluding hydrogens is 240 g/mol. The van der Waals surface area contributed by atoms with Crippen molar-refractivity contribution in [3.63, 3.8) is 0 Å². The van der Waals surface area contributed by atoms with Crippen molar-refractivity contribution >= 4 is 0 Å². The summed E-state index contributed by atoms with van der Waals surface area (Å²) < 4.78 is 10.3. The van der Waals surface area contributed by atoms with E-state index in [1.807, 2.05) is 0 Å². The first-order valence-electron chi connectivity index (χ1n) is 7.72. The van der Waals surface area contributed by atoms with E-state index in [1.54, 1.807) is 14.2 Å². The van der Waals surface area contributed by atoms with Gasteiger partial charge in [-0.2, -0.15) is 0 Å². The van der Waals surface area contributed by atoms with Crippen LogP contribution in [0.2, 0.25) is 0 Å². The molecule has 4 nitrogen and oxygen atoms in total. The van der Waals surface area contributed by atoms with E-state index >= 15 is 0 Å². The van der Waals surface area contributed by atoms with Gasteiger partial charge in [0.25, 0.3) is 0 Å². The van der Waals surface area contributed by atoms with Crippen LogP contribution in [0, 0.1) is 0 Å². The van der Waals surface area contributed by atoms with Crippen LogP contribution in [0.3, 0.4) is 0 Å². The summed E-state index contributed by atoms with van der Waals surface area (Å²) in [4.78, 5) is 2.49. The van der Waals surface area contributed by atoms with Crippen LogP contribution in [-0.4, -0.2) is 64.6 Å². The average molecular weight is 274 g/mol. The molecule has 0 aliphatic rings. The highest BCUT2D eigenvalue weighted by Gasteiger charge is 2.12. The van der Waals surface area contributed by atoms with Gasteiger partial charge in [-0.1, -0.05) is 20.3 Å². The van der Waals surface area contributed by atoms with Crippen molar-refractivity contribution in [1.82, 2.24) is 10.2 Å². The molecule has 1 unspecified atom stereocenters. The summed E-state index contributed by atoms with van der Waals surface area (Å²) in [7, 11) is 3.54. The Kier molecular flexibility index (Phi) is 14.1. The van der Waals surface area contributed by atoms with E-state index in [2.05, 4.69) is 24.1 Å². The summed E-state index contributed by atoms with van der Waals surface area (Å²) in [6, 6.07) is 0.601. The zero-order valence-electron chi connectivity index (χ0n) is 13.4. The van der Waals surface area contributed by atoms with E-state index in [4.69, 9.17) is 9.47 Å². The average Bonchev–Trinajstić information content (AvgIpc) is 2.42. The van der Waals surface area contributed by atoms with E-state index in [-0.39, 0.29) is 0 Å². The fourth-order valence-corrected chi connectivity index (χ4v) is 2.21. The Hall–Kier alpha value is -0.160. The van der Waals surface area contributed by atoms with Gasteiger partial charge in [0, 0.05) is 46.5 Å². The van der Waals surface area contributed by atoms with Gasteiger partial charge in [0.05, 0.1) is 6.61 Å². The lowest BCUT2D eigenvalue weighted by molar-refractivity contribution is 0.125. The van der Waals surface area contributed by atoms with Gasteiger partial charge < -0.3 is 14.8 Å². The summed E-state index contributed by atoms with van der Waals surface area (Å²) in [5.74, 6) is 0. The maximum atomic E-state index is 5.21. The topological polar surface area (TPSA) is 33.7 Å². The highest BCUT2D eigenvalue weighted by atomic mass is 16.5. The summed E-state index contributed by atoms with van der Waals surface area (Å²) in [5.41, 5.74) is 0. The predicted molar refractivity (Wildman–Crippen MR) is 81.8 cm³/mol. The molecule has 0 aliphatic carbocycles. The lowest BCUT2D eigenvalue weighted by Crippen LogP contribution is -2.43. The molecule has 0 saturated carbocycles. The molecule has 0 aromatic heterocycles. The lowest BCUT2D eigenvalue weighted by Gasteiger charge is -2.28. The molecule has 0 amide bonds. The fraction of sp³-hybridized carbons (Fsp3) is 1.00. The molecular formula is C15H34N2O2. The predicted octanol–water partition coefficient (Wildman–Crippen LogP) is 2.14. The second kappa shape index (κ2) is 14.3. The molecule has 1 N–H and O–H groups in total. The molecule has 116 valence electrons. The normalized spacial score (nSPS) is 13.1. The Labute approximate surface area is 119 Å². The van der Waals surface area contributed by atoms with Crippen LogP contribution in [0.5, 0.6) is 0 Å². The van der Waals surface area contributed by atoms with Crippen LogP contribution in [0.4, 0.5) is 0 Å². The number of rotatable bonds is 14. The van der Waals surface area contributed by atoms with Crippen molar-refractivity contribution in [2.24, 2.45) is 0 Å². The van der Waals surface area contributed by atoms with Crippen molar-refractivity contribution in [3.8, 4) is 0 Å². The van der Waals surface area contributed by atoms with Crippen molar-refractivity contribution in [2.45, 2.75) is 45.6 Å². The summed E-state index contributed by atoms with van der Waals surface area (Å²) in [6.07, 6.45) is 4.76. The molecule has 1 atom stereocenters. The van der Waals surface area contributed by atoms with Crippen LogP contribution >= 0.6 is 0 Å². The molecule has 4 heteroatoms. The van der Waals surface area contributed by atoms with E-state index in [1.165, 1.54) is 19.3 Å². The van der Waals surface area contributed by atoms with Crippen molar-refractivity contribution in [3.05, 3.63) is 0 Å². The van der Waals surface area contributed by atoms with Crippen molar-refractivity contribution < 1.29 is 9.47 Å². The molecule has 19 heavy (non-hydrogen) atoms. The molecule has 0 aromatic rings. The van der Waals surface area contributed by atoms with Gasteiger partial charge in [-0.05, 0) is 25.8 Å². The molecule has 0 heterocycles. The molecule has 0 rings (SSSR count). The maximum Gasteiger partial charge on any atom is 0.0589 e. The zero-order chi connectivity index (χ0) is 14.3. The quantitative estimate of drug-likeness (QED) is 0.492. The highest BCUT2D eigenvalue weighted by Crippen LogP contribution is 2.02. The van der Waals surface area contributed by atoms with Crippen molar-refractivity contribution in [1.29, 1.82) is 0 Å². The SMILES string of the molecule is CCCNC(CCC)CN(CCCOC)CCOC. The minimum absolute atomic E-state index is 0.601. The van der Waals surface area contributed by atoms with E-state index < -0.39 is 0 Å². The Morgan fingerprint density at radius 1 is 1.00 bits per heavy atom. The second-order valence-corrected chi connectivity index (χ2v) is 5.08. The number of methoxy groups -OCH3 is 2. The zero-order valence-corrected chi connectivity index (χ0v) is 13.4. The minimum atomic E-state index is 0.601. The highest BCUT2D eigenvalue weighted by molar-refractivity contribution is 4.72. The third kappa shape index (κ3) is 11.4. The maximum absolute atomic E-state index is 5.21. The Bertz CT molecular complexity index is 180. The van der Waals surface area contributed by atoms with Gasteiger partial charge in [0.2, 0.25) is 0 Å². The van der Waals surface area contributed by atoms with Crippen LogP contribution in [0.1, 0.15) is 39.5 Å². The van der Waals surface area contributed by atoms with E-state index in [0.29, 0.717) is 6.04 Å². The van der Waals surface area contributed by atoms with Crippen LogP contribution in [0.15, 0.2) is 0 Å². The number of nitrogens with zero attached hydrogens (tertiary/aromatic N) is 1. The van der Waals surface area contributed by atoms with Gasteiger partial charge in [0.1, 0.15) is 0 Å². The molecule has 0 spiro atoms. The molecule has 0 aliphatic heterocycles. The smallest absolute Gasteiger partial charge is 0.0589 e. The van der Waals surface area contributed by atoms with Crippen LogP contribution in [0.25, 0.3) is 0 Å². The van der Waals surface area contributed by atoms with Gasteiger partial charge in [0.15, 0.2) is 0 Å². The fourth-order valence-electron chi connectivity index (χ4n) is 2.21. The summed E-state index contributed by atoms with van der Waals surface area (Å²) in [6.45, 7) is 10.4. The van der Waals surface area contributed by atoms with Gasteiger partial charge in [-0.25, -0.2) is 0 Å². The summed E-state index contributed by atoms with van der Waals surface area (Å²) >= 11 is 0. The third-order valence-electron chi connectivity index (χ3n) is 3.23. The van der Waals surface area contributed by atoms with Crippen LogP contribution < -0.4 is 5.32 Å². The van der Waals surface area contributed by atoms with Gasteiger partial charge >= 0.3 is 0 Å². The number of nitrogens with one attached hydrogen (secondary N) is 1. The van der Waals surface area contributed by atoms with Crippen molar-refractivity contribution in [2.75, 3.05) is 53.6 Å². The standard InChI is InChI=1S/C15H34N2O2/c1-5-8-15(16-9-6-2)14-17(11-13-19-4)10-7-12-18-3/h15-16H,5-14H2,1-4H3. The Morgan fingerprint density at radius 3 is 2.32 bits per heavy atom. The molecule has 0 radical (unpaired) electrons.